The largest absolute Gasteiger partial charge is 0.478 e. The fourth-order valence-electron chi connectivity index (χ4n) is 4.42. The molecule has 0 spiro atoms. The van der Waals surface area contributed by atoms with E-state index in [2.05, 4.69) is 44.8 Å². The van der Waals surface area contributed by atoms with E-state index in [-0.39, 0.29) is 11.5 Å². The second-order valence-corrected chi connectivity index (χ2v) is 8.81. The van der Waals surface area contributed by atoms with E-state index >= 15 is 0 Å². The molecule has 1 fully saturated rings. The fourth-order valence-corrected chi connectivity index (χ4v) is 4.42. The predicted octanol–water partition coefficient (Wildman–Crippen LogP) is 3.23. The second kappa shape index (κ2) is 11.1. The van der Waals surface area contributed by atoms with Crippen molar-refractivity contribution in [3.05, 3.63) is 82.7 Å². The van der Waals surface area contributed by atoms with Gasteiger partial charge in [0.05, 0.1) is 17.8 Å². The Labute approximate surface area is 199 Å². The molecule has 178 valence electrons. The number of benzene rings is 2. The fraction of sp³-hybridized carbons (Fsp3) is 0.385. The standard InChI is InChI=1S/C26H31N5O3/c1-2-23-24(28-29-31(23)18-21-8-10-22(11-9-21)26(33)34)25(32)27-16-19-12-14-30(15-13-19)17-20-6-4-3-5-7-20/h3-11,19H,2,12-18H2,1H3,(H,27,32)(H,33,34). The third-order valence-electron chi connectivity index (χ3n) is 6.43. The van der Waals surface area contributed by atoms with Crippen LogP contribution in [0.25, 0.3) is 0 Å². The smallest absolute Gasteiger partial charge is 0.335 e. The first kappa shape index (κ1) is 23.6. The van der Waals surface area contributed by atoms with E-state index in [0.29, 0.717) is 31.1 Å². The number of hydrogen-bond acceptors (Lipinski definition) is 5. The van der Waals surface area contributed by atoms with Gasteiger partial charge in [0.25, 0.3) is 5.91 Å². The van der Waals surface area contributed by atoms with Crippen LogP contribution in [0.4, 0.5) is 0 Å². The number of aromatic nitrogens is 3. The van der Waals surface area contributed by atoms with Crippen molar-refractivity contribution in [3.8, 4) is 0 Å². The van der Waals surface area contributed by atoms with Gasteiger partial charge in [0.15, 0.2) is 5.69 Å². The molecule has 0 atom stereocenters. The van der Waals surface area contributed by atoms with E-state index in [1.165, 1.54) is 5.56 Å². The van der Waals surface area contributed by atoms with Gasteiger partial charge < -0.3 is 10.4 Å². The van der Waals surface area contributed by atoms with Gasteiger partial charge in [-0.05, 0) is 61.5 Å². The Morgan fingerprint density at radius 2 is 1.68 bits per heavy atom. The molecule has 1 aromatic heterocycles. The Balaban J connectivity index is 1.29. The highest BCUT2D eigenvalue weighted by Crippen LogP contribution is 2.19. The molecule has 2 heterocycles. The molecule has 1 amide bonds. The zero-order chi connectivity index (χ0) is 23.9. The van der Waals surface area contributed by atoms with Gasteiger partial charge >= 0.3 is 5.97 Å². The lowest BCUT2D eigenvalue weighted by Gasteiger charge is -2.32. The Morgan fingerprint density at radius 1 is 1.00 bits per heavy atom. The van der Waals surface area contributed by atoms with Crippen LogP contribution < -0.4 is 5.32 Å². The minimum atomic E-state index is -0.956. The van der Waals surface area contributed by atoms with Crippen molar-refractivity contribution in [1.82, 2.24) is 25.2 Å². The third kappa shape index (κ3) is 5.88. The Morgan fingerprint density at radius 3 is 2.32 bits per heavy atom. The van der Waals surface area contributed by atoms with Gasteiger partial charge in [-0.15, -0.1) is 5.10 Å². The molecule has 0 aliphatic carbocycles. The summed E-state index contributed by atoms with van der Waals surface area (Å²) in [5, 5.41) is 20.5. The van der Waals surface area contributed by atoms with E-state index < -0.39 is 5.97 Å². The van der Waals surface area contributed by atoms with Crippen LogP contribution in [-0.2, 0) is 19.5 Å². The number of rotatable bonds is 9. The number of aromatic carboxylic acids is 1. The number of nitrogens with one attached hydrogen (secondary N) is 1. The summed E-state index contributed by atoms with van der Waals surface area (Å²) in [6, 6.07) is 17.2. The average Bonchev–Trinajstić information content (AvgIpc) is 3.27. The number of piperidine rings is 1. The van der Waals surface area contributed by atoms with Crippen LogP contribution in [0.15, 0.2) is 54.6 Å². The lowest BCUT2D eigenvalue weighted by molar-refractivity contribution is 0.0696. The van der Waals surface area contributed by atoms with Gasteiger partial charge in [0.2, 0.25) is 0 Å². The van der Waals surface area contributed by atoms with Gasteiger partial charge in [-0.3, -0.25) is 9.69 Å². The summed E-state index contributed by atoms with van der Waals surface area (Å²) in [4.78, 5) is 26.4. The highest BCUT2D eigenvalue weighted by Gasteiger charge is 2.22. The SMILES string of the molecule is CCc1c(C(=O)NCC2CCN(Cc3ccccc3)CC2)nnn1Cc1ccc(C(=O)O)cc1. The molecule has 8 nitrogen and oxygen atoms in total. The molecule has 1 aliphatic heterocycles. The summed E-state index contributed by atoms with van der Waals surface area (Å²) in [6.45, 7) is 6.09. The van der Waals surface area contributed by atoms with Gasteiger partial charge in [-0.25, -0.2) is 9.48 Å². The summed E-state index contributed by atoms with van der Waals surface area (Å²) in [6.07, 6.45) is 2.75. The van der Waals surface area contributed by atoms with Crippen LogP contribution in [0.2, 0.25) is 0 Å². The Hall–Kier alpha value is -3.52. The lowest BCUT2D eigenvalue weighted by atomic mass is 9.96. The van der Waals surface area contributed by atoms with Crippen LogP contribution in [-0.4, -0.2) is 56.5 Å². The number of carboxylic acids is 1. The quantitative estimate of drug-likeness (QED) is 0.508. The maximum absolute atomic E-state index is 12.9. The molecule has 8 heteroatoms. The molecule has 0 bridgehead atoms. The van der Waals surface area contributed by atoms with Crippen molar-refractivity contribution in [3.63, 3.8) is 0 Å². The van der Waals surface area contributed by atoms with Crippen LogP contribution in [0.5, 0.6) is 0 Å². The van der Waals surface area contributed by atoms with Crippen molar-refractivity contribution in [1.29, 1.82) is 0 Å². The minimum absolute atomic E-state index is 0.184. The second-order valence-electron chi connectivity index (χ2n) is 8.81. The highest BCUT2D eigenvalue weighted by atomic mass is 16.4. The van der Waals surface area contributed by atoms with Gasteiger partial charge in [0.1, 0.15) is 0 Å². The number of carboxylic acid groups (broad SMARTS) is 1. The molecule has 0 unspecified atom stereocenters. The molecule has 4 rings (SSSR count). The summed E-state index contributed by atoms with van der Waals surface area (Å²) >= 11 is 0. The molecule has 2 aromatic carbocycles. The van der Waals surface area contributed by atoms with Crippen molar-refractivity contribution in [2.45, 2.75) is 39.3 Å². The number of amides is 1. The Kier molecular flexibility index (Phi) is 7.69. The topological polar surface area (TPSA) is 100 Å². The van der Waals surface area contributed by atoms with Crippen LogP contribution in [0, 0.1) is 5.92 Å². The molecule has 2 N–H and O–H groups in total. The first-order valence-corrected chi connectivity index (χ1v) is 11.8. The monoisotopic (exact) mass is 461 g/mol. The summed E-state index contributed by atoms with van der Waals surface area (Å²) in [7, 11) is 0. The molecule has 1 saturated heterocycles. The molecule has 1 aliphatic rings. The van der Waals surface area contributed by atoms with Gasteiger partial charge in [-0.2, -0.15) is 0 Å². The van der Waals surface area contributed by atoms with Crippen LogP contribution in [0.3, 0.4) is 0 Å². The minimum Gasteiger partial charge on any atom is -0.478 e. The molecular weight excluding hydrogens is 430 g/mol. The zero-order valence-electron chi connectivity index (χ0n) is 19.5. The molecular formula is C26H31N5O3. The number of carbonyl (C=O) groups excluding carboxylic acids is 1. The van der Waals surface area contributed by atoms with Gasteiger partial charge in [0, 0.05) is 13.1 Å². The summed E-state index contributed by atoms with van der Waals surface area (Å²) < 4.78 is 1.72. The normalized spacial score (nSPS) is 14.7. The van der Waals surface area contributed by atoms with E-state index in [9.17, 15) is 9.59 Å². The Bertz CT molecular complexity index is 1100. The van der Waals surface area contributed by atoms with Crippen molar-refractivity contribution >= 4 is 11.9 Å². The van der Waals surface area contributed by atoms with Crippen molar-refractivity contribution < 1.29 is 14.7 Å². The third-order valence-corrected chi connectivity index (χ3v) is 6.43. The van der Waals surface area contributed by atoms with Crippen molar-refractivity contribution in [2.75, 3.05) is 19.6 Å². The van der Waals surface area contributed by atoms with E-state index in [4.69, 9.17) is 5.11 Å². The van der Waals surface area contributed by atoms with Gasteiger partial charge in [-0.1, -0.05) is 54.6 Å². The molecule has 0 radical (unpaired) electrons. The number of carbonyl (C=O) groups is 2. The van der Waals surface area contributed by atoms with E-state index in [1.807, 2.05) is 13.0 Å². The zero-order valence-corrected chi connectivity index (χ0v) is 19.5. The average molecular weight is 462 g/mol. The first-order valence-electron chi connectivity index (χ1n) is 11.8. The van der Waals surface area contributed by atoms with E-state index in [0.717, 1.165) is 43.7 Å². The van der Waals surface area contributed by atoms with Crippen LogP contribution >= 0.6 is 0 Å². The number of hydrogen-bond donors (Lipinski definition) is 2. The molecule has 0 saturated carbocycles. The summed E-state index contributed by atoms with van der Waals surface area (Å²) in [5.74, 6) is -0.678. The maximum atomic E-state index is 12.9. The van der Waals surface area contributed by atoms with Crippen LogP contribution in [0.1, 0.15) is 57.4 Å². The summed E-state index contributed by atoms with van der Waals surface area (Å²) in [5.41, 5.74) is 3.62. The molecule has 3 aromatic rings. The first-order chi connectivity index (χ1) is 16.5. The number of likely N-dealkylation sites (tertiary alicyclic amines) is 1. The molecule has 34 heavy (non-hydrogen) atoms. The number of nitrogens with zero attached hydrogens (tertiary/aromatic N) is 4. The highest BCUT2D eigenvalue weighted by molar-refractivity contribution is 5.93. The maximum Gasteiger partial charge on any atom is 0.335 e. The van der Waals surface area contributed by atoms with Crippen molar-refractivity contribution in [2.24, 2.45) is 5.92 Å². The predicted molar refractivity (Wildman–Crippen MR) is 129 cm³/mol. The van der Waals surface area contributed by atoms with E-state index in [1.54, 1.807) is 28.9 Å². The lowest BCUT2D eigenvalue weighted by Crippen LogP contribution is -2.38.